The van der Waals surface area contributed by atoms with E-state index in [0.717, 1.165) is 24.0 Å². The van der Waals surface area contributed by atoms with E-state index in [1.807, 2.05) is 31.2 Å². The highest BCUT2D eigenvalue weighted by Crippen LogP contribution is 2.17. The van der Waals surface area contributed by atoms with Gasteiger partial charge in [-0.2, -0.15) is 0 Å². The molecule has 0 heterocycles. The van der Waals surface area contributed by atoms with Crippen LogP contribution < -0.4 is 20.1 Å². The second-order valence-corrected chi connectivity index (χ2v) is 5.33. The van der Waals surface area contributed by atoms with E-state index in [1.54, 1.807) is 14.2 Å². The molecule has 2 N–H and O–H groups in total. The van der Waals surface area contributed by atoms with Gasteiger partial charge in [-0.1, -0.05) is 13.8 Å². The Kier molecular flexibility index (Phi) is 10.8. The molecule has 0 aliphatic heterocycles. The fraction of sp³-hybridized carbons (Fsp3) is 0.562. The summed E-state index contributed by atoms with van der Waals surface area (Å²) in [6.07, 6.45) is 0.0380. The zero-order valence-electron chi connectivity index (χ0n) is 14.1. The van der Waals surface area contributed by atoms with Crippen LogP contribution in [0.4, 0.5) is 0 Å². The smallest absolute Gasteiger partial charge is 0.191 e. The van der Waals surface area contributed by atoms with Crippen molar-refractivity contribution in [2.75, 3.05) is 27.2 Å². The summed E-state index contributed by atoms with van der Waals surface area (Å²) in [5, 5.41) is 6.53. The monoisotopic (exact) mass is 421 g/mol. The molecule has 0 fully saturated rings. The summed E-state index contributed by atoms with van der Waals surface area (Å²) in [5.74, 6) is 3.03. The second-order valence-electron chi connectivity index (χ2n) is 5.33. The molecule has 0 bridgehead atoms. The van der Waals surface area contributed by atoms with Crippen LogP contribution in [0.3, 0.4) is 0 Å². The number of methoxy groups -OCH3 is 1. The second kappa shape index (κ2) is 11.4. The molecule has 0 aliphatic carbocycles. The zero-order chi connectivity index (χ0) is 15.7. The van der Waals surface area contributed by atoms with Gasteiger partial charge in [0.2, 0.25) is 0 Å². The Morgan fingerprint density at radius 3 is 2.09 bits per heavy atom. The van der Waals surface area contributed by atoms with Crippen LogP contribution in [0, 0.1) is 5.92 Å². The molecule has 0 aromatic heterocycles. The van der Waals surface area contributed by atoms with Crippen molar-refractivity contribution >= 4 is 29.9 Å². The third kappa shape index (κ3) is 8.31. The fourth-order valence-corrected chi connectivity index (χ4v) is 1.69. The van der Waals surface area contributed by atoms with Crippen molar-refractivity contribution in [1.82, 2.24) is 10.6 Å². The minimum atomic E-state index is 0. The number of nitrogens with one attached hydrogen (secondary N) is 2. The van der Waals surface area contributed by atoms with Crippen LogP contribution in [0.2, 0.25) is 0 Å². The Hall–Kier alpha value is -1.18. The van der Waals surface area contributed by atoms with Gasteiger partial charge in [0.25, 0.3) is 0 Å². The van der Waals surface area contributed by atoms with E-state index < -0.39 is 0 Å². The van der Waals surface area contributed by atoms with Crippen LogP contribution in [0.25, 0.3) is 0 Å². The number of rotatable bonds is 7. The lowest BCUT2D eigenvalue weighted by molar-refractivity contribution is 0.223. The van der Waals surface area contributed by atoms with Crippen molar-refractivity contribution in [3.05, 3.63) is 24.3 Å². The van der Waals surface area contributed by atoms with Crippen LogP contribution in [-0.2, 0) is 0 Å². The molecule has 0 saturated carbocycles. The summed E-state index contributed by atoms with van der Waals surface area (Å²) in [7, 11) is 3.42. The molecule has 6 heteroatoms. The van der Waals surface area contributed by atoms with Crippen molar-refractivity contribution in [3.63, 3.8) is 0 Å². The molecular formula is C16H28IN3O2. The number of halogens is 1. The van der Waals surface area contributed by atoms with Gasteiger partial charge in [-0.3, -0.25) is 4.99 Å². The predicted molar refractivity (Wildman–Crippen MR) is 103 cm³/mol. The highest BCUT2D eigenvalue weighted by molar-refractivity contribution is 14.0. The Balaban J connectivity index is 0.00000441. The normalized spacial score (nSPS) is 12.4. The number of aliphatic imine (C=N–C) groups is 1. The van der Waals surface area contributed by atoms with Gasteiger partial charge in [0.05, 0.1) is 13.7 Å². The van der Waals surface area contributed by atoms with Gasteiger partial charge in [0.15, 0.2) is 5.96 Å². The van der Waals surface area contributed by atoms with Gasteiger partial charge in [-0.25, -0.2) is 0 Å². The standard InChI is InChI=1S/C16H27N3O2.HI/c1-12(2)10-18-16(17-4)19-11-13(3)21-15-8-6-14(20-5)7-9-15;/h6-9,12-13H,10-11H2,1-5H3,(H2,17,18,19);1H. The van der Waals surface area contributed by atoms with Crippen LogP contribution in [-0.4, -0.2) is 39.3 Å². The summed E-state index contributed by atoms with van der Waals surface area (Å²) >= 11 is 0. The van der Waals surface area contributed by atoms with Gasteiger partial charge in [0.1, 0.15) is 17.6 Å². The van der Waals surface area contributed by atoms with Crippen LogP contribution in [0.1, 0.15) is 20.8 Å². The average molecular weight is 421 g/mol. The Labute approximate surface area is 150 Å². The SMILES string of the molecule is CN=C(NCC(C)C)NCC(C)Oc1ccc(OC)cc1.I. The summed E-state index contributed by atoms with van der Waals surface area (Å²) < 4.78 is 11.0. The number of guanidine groups is 1. The van der Waals surface area contributed by atoms with Crippen LogP contribution >= 0.6 is 24.0 Å². The first-order chi connectivity index (χ1) is 10.0. The molecular weight excluding hydrogens is 393 g/mol. The maximum atomic E-state index is 5.83. The molecule has 126 valence electrons. The van der Waals surface area contributed by atoms with E-state index in [4.69, 9.17) is 9.47 Å². The summed E-state index contributed by atoms with van der Waals surface area (Å²) in [6.45, 7) is 7.93. The number of hydrogen-bond acceptors (Lipinski definition) is 3. The van der Waals surface area contributed by atoms with E-state index in [1.165, 1.54) is 0 Å². The average Bonchev–Trinajstić information content (AvgIpc) is 2.48. The first-order valence-electron chi connectivity index (χ1n) is 7.30. The van der Waals surface area contributed by atoms with Crippen molar-refractivity contribution in [2.24, 2.45) is 10.9 Å². The molecule has 0 radical (unpaired) electrons. The van der Waals surface area contributed by atoms with Crippen molar-refractivity contribution < 1.29 is 9.47 Å². The highest BCUT2D eigenvalue weighted by atomic mass is 127. The lowest BCUT2D eigenvalue weighted by Crippen LogP contribution is -2.42. The molecule has 1 rings (SSSR count). The largest absolute Gasteiger partial charge is 0.497 e. The lowest BCUT2D eigenvalue weighted by Gasteiger charge is -2.18. The van der Waals surface area contributed by atoms with E-state index in [2.05, 4.69) is 29.5 Å². The molecule has 0 aliphatic rings. The lowest BCUT2D eigenvalue weighted by atomic mass is 10.2. The Morgan fingerprint density at radius 2 is 1.59 bits per heavy atom. The van der Waals surface area contributed by atoms with E-state index in [9.17, 15) is 0 Å². The molecule has 22 heavy (non-hydrogen) atoms. The minimum Gasteiger partial charge on any atom is -0.497 e. The first-order valence-corrected chi connectivity index (χ1v) is 7.30. The van der Waals surface area contributed by atoms with Crippen LogP contribution in [0.5, 0.6) is 11.5 Å². The van der Waals surface area contributed by atoms with Crippen molar-refractivity contribution in [2.45, 2.75) is 26.9 Å². The van der Waals surface area contributed by atoms with E-state index in [-0.39, 0.29) is 30.1 Å². The summed E-state index contributed by atoms with van der Waals surface area (Å²) in [5.41, 5.74) is 0. The molecule has 0 amide bonds. The number of hydrogen-bond donors (Lipinski definition) is 2. The molecule has 1 atom stereocenters. The molecule has 1 unspecified atom stereocenters. The fourth-order valence-electron chi connectivity index (χ4n) is 1.69. The predicted octanol–water partition coefficient (Wildman–Crippen LogP) is 2.90. The van der Waals surface area contributed by atoms with Crippen molar-refractivity contribution in [1.29, 1.82) is 0 Å². The van der Waals surface area contributed by atoms with Gasteiger partial charge in [0, 0.05) is 13.6 Å². The first kappa shape index (κ1) is 20.8. The highest BCUT2D eigenvalue weighted by Gasteiger charge is 2.06. The van der Waals surface area contributed by atoms with Crippen LogP contribution in [0.15, 0.2) is 29.3 Å². The van der Waals surface area contributed by atoms with Crippen molar-refractivity contribution in [3.8, 4) is 11.5 Å². The minimum absolute atomic E-state index is 0. The number of nitrogens with zero attached hydrogens (tertiary/aromatic N) is 1. The Morgan fingerprint density at radius 1 is 1.05 bits per heavy atom. The summed E-state index contributed by atoms with van der Waals surface area (Å²) in [6, 6.07) is 7.58. The van der Waals surface area contributed by atoms with E-state index >= 15 is 0 Å². The maximum Gasteiger partial charge on any atom is 0.191 e. The molecule has 5 nitrogen and oxygen atoms in total. The summed E-state index contributed by atoms with van der Waals surface area (Å²) in [4.78, 5) is 4.18. The third-order valence-electron chi connectivity index (χ3n) is 2.86. The van der Waals surface area contributed by atoms with Gasteiger partial charge in [-0.15, -0.1) is 24.0 Å². The van der Waals surface area contributed by atoms with E-state index in [0.29, 0.717) is 12.5 Å². The zero-order valence-corrected chi connectivity index (χ0v) is 16.4. The molecule has 0 spiro atoms. The molecule has 0 saturated heterocycles. The quantitative estimate of drug-likeness (QED) is 0.404. The molecule has 1 aromatic rings. The van der Waals surface area contributed by atoms with Gasteiger partial charge < -0.3 is 20.1 Å². The number of benzene rings is 1. The topological polar surface area (TPSA) is 54.9 Å². The molecule has 1 aromatic carbocycles. The maximum absolute atomic E-state index is 5.83. The third-order valence-corrected chi connectivity index (χ3v) is 2.86. The Bertz CT molecular complexity index is 436. The number of ether oxygens (including phenoxy) is 2. The van der Waals surface area contributed by atoms with Gasteiger partial charge >= 0.3 is 0 Å². The van der Waals surface area contributed by atoms with Gasteiger partial charge in [-0.05, 0) is 37.1 Å².